The molecule has 0 fully saturated rings. The molecule has 0 aliphatic rings. The lowest BCUT2D eigenvalue weighted by Gasteiger charge is -2.21. The Morgan fingerprint density at radius 1 is 1.38 bits per heavy atom. The molecule has 0 spiro atoms. The zero-order valence-corrected chi connectivity index (χ0v) is 14.3. The average Bonchev–Trinajstić information content (AvgIpc) is 2.45. The van der Waals surface area contributed by atoms with E-state index < -0.39 is 29.8 Å². The zero-order chi connectivity index (χ0) is 18.5. The lowest BCUT2D eigenvalue weighted by atomic mass is 10.2. The van der Waals surface area contributed by atoms with Gasteiger partial charge in [0.05, 0.1) is 17.4 Å². The van der Waals surface area contributed by atoms with Crippen LogP contribution >= 0.6 is 11.8 Å². The molecule has 0 heterocycles. The number of alkyl halides is 3. The number of carbonyl (C=O) groups excluding carboxylic acids is 1. The van der Waals surface area contributed by atoms with Gasteiger partial charge in [-0.25, -0.2) is 4.79 Å². The Bertz CT molecular complexity index is 608. The summed E-state index contributed by atoms with van der Waals surface area (Å²) in [6, 6.07) is 4.17. The predicted octanol–water partition coefficient (Wildman–Crippen LogP) is 3.83. The molecule has 0 aliphatic heterocycles. The smallest absolute Gasteiger partial charge is 0.398 e. The minimum atomic E-state index is -4.31. The van der Waals surface area contributed by atoms with E-state index in [0.29, 0.717) is 16.7 Å². The van der Waals surface area contributed by atoms with Crippen molar-refractivity contribution in [3.05, 3.63) is 23.8 Å². The molecule has 1 rings (SSSR count). The topological polar surface area (TPSA) is 69.6 Å². The number of amides is 2. The van der Waals surface area contributed by atoms with Crippen LogP contribution < -0.4 is 5.32 Å². The van der Waals surface area contributed by atoms with Gasteiger partial charge in [0.15, 0.2) is 0 Å². The van der Waals surface area contributed by atoms with Crippen LogP contribution in [-0.2, 0) is 4.79 Å². The first kappa shape index (κ1) is 20.1. The van der Waals surface area contributed by atoms with Gasteiger partial charge in [0.1, 0.15) is 0 Å². The Morgan fingerprint density at radius 2 is 2.00 bits per heavy atom. The highest BCUT2D eigenvalue weighted by atomic mass is 32.2. The third-order valence-corrected chi connectivity index (χ3v) is 4.22. The van der Waals surface area contributed by atoms with Crippen molar-refractivity contribution in [1.82, 2.24) is 4.90 Å². The van der Waals surface area contributed by atoms with Crippen LogP contribution in [0.25, 0.3) is 0 Å². The first-order valence-electron chi connectivity index (χ1n) is 7.04. The number of anilines is 1. The van der Waals surface area contributed by atoms with E-state index in [0.717, 1.165) is 5.56 Å². The van der Waals surface area contributed by atoms with Crippen molar-refractivity contribution in [2.75, 3.05) is 24.7 Å². The van der Waals surface area contributed by atoms with Crippen LogP contribution in [0, 0.1) is 12.8 Å². The SMILES string of the molecule is Cc1ccc(SCC(F)(F)F)c(NC(=O)N(C)CC(C)C(=O)O)c1. The quantitative estimate of drug-likeness (QED) is 0.753. The molecule has 2 amide bonds. The van der Waals surface area contributed by atoms with Crippen molar-refractivity contribution in [2.45, 2.75) is 24.9 Å². The highest BCUT2D eigenvalue weighted by Gasteiger charge is 2.28. The van der Waals surface area contributed by atoms with Crippen LogP contribution in [0.3, 0.4) is 0 Å². The van der Waals surface area contributed by atoms with E-state index in [9.17, 15) is 22.8 Å². The van der Waals surface area contributed by atoms with E-state index >= 15 is 0 Å². The molecular formula is C15H19F3N2O3S. The number of halogens is 3. The van der Waals surface area contributed by atoms with E-state index in [2.05, 4.69) is 5.32 Å². The summed E-state index contributed by atoms with van der Waals surface area (Å²) in [5.74, 6) is -2.85. The maximum absolute atomic E-state index is 12.4. The van der Waals surface area contributed by atoms with Crippen molar-refractivity contribution in [3.8, 4) is 0 Å². The normalized spacial score (nSPS) is 12.6. The molecule has 5 nitrogen and oxygen atoms in total. The molecule has 1 atom stereocenters. The van der Waals surface area contributed by atoms with E-state index in [1.165, 1.54) is 24.9 Å². The molecule has 0 radical (unpaired) electrons. The standard InChI is InChI=1S/C15H19F3N2O3S/c1-9-4-5-12(24-8-15(16,17)18)11(6-9)19-14(23)20(3)7-10(2)13(21)22/h4-6,10H,7-8H2,1-3H3,(H,19,23)(H,21,22). The van der Waals surface area contributed by atoms with Crippen LogP contribution in [-0.4, -0.2) is 47.5 Å². The van der Waals surface area contributed by atoms with E-state index in [4.69, 9.17) is 5.11 Å². The molecular weight excluding hydrogens is 345 g/mol. The Labute approximate surface area is 142 Å². The first-order chi connectivity index (χ1) is 11.0. The van der Waals surface area contributed by atoms with Crippen LogP contribution in [0.4, 0.5) is 23.7 Å². The molecule has 0 aromatic heterocycles. The Balaban J connectivity index is 2.83. The highest BCUT2D eigenvalue weighted by Crippen LogP contribution is 2.33. The van der Waals surface area contributed by atoms with Gasteiger partial charge >= 0.3 is 18.2 Å². The molecule has 0 bridgehead atoms. The minimum absolute atomic E-state index is 0.0159. The van der Waals surface area contributed by atoms with Gasteiger partial charge in [0, 0.05) is 18.5 Å². The number of nitrogens with one attached hydrogen (secondary N) is 1. The first-order valence-corrected chi connectivity index (χ1v) is 8.03. The number of thioether (sulfide) groups is 1. The van der Waals surface area contributed by atoms with Crippen LogP contribution in [0.15, 0.2) is 23.1 Å². The van der Waals surface area contributed by atoms with Crippen molar-refractivity contribution in [2.24, 2.45) is 5.92 Å². The lowest BCUT2D eigenvalue weighted by molar-refractivity contribution is -0.141. The van der Waals surface area contributed by atoms with Gasteiger partial charge in [0.2, 0.25) is 0 Å². The fourth-order valence-electron chi connectivity index (χ4n) is 1.81. The second kappa shape index (κ2) is 8.27. The van der Waals surface area contributed by atoms with Crippen molar-refractivity contribution in [1.29, 1.82) is 0 Å². The molecule has 1 aromatic carbocycles. The second-order valence-electron chi connectivity index (χ2n) is 5.45. The van der Waals surface area contributed by atoms with Gasteiger partial charge in [-0.15, -0.1) is 11.8 Å². The predicted molar refractivity (Wildman–Crippen MR) is 86.4 cm³/mol. The number of rotatable bonds is 6. The van der Waals surface area contributed by atoms with Crippen LogP contribution in [0.1, 0.15) is 12.5 Å². The largest absolute Gasteiger partial charge is 0.481 e. The summed E-state index contributed by atoms with van der Waals surface area (Å²) in [6.07, 6.45) is -4.31. The molecule has 0 saturated heterocycles. The molecule has 2 N–H and O–H groups in total. The number of carboxylic acids is 1. The maximum Gasteiger partial charge on any atom is 0.398 e. The Hall–Kier alpha value is -1.90. The summed E-state index contributed by atoms with van der Waals surface area (Å²) in [4.78, 5) is 24.4. The van der Waals surface area contributed by atoms with E-state index in [1.54, 1.807) is 19.1 Å². The molecule has 1 unspecified atom stereocenters. The minimum Gasteiger partial charge on any atom is -0.481 e. The second-order valence-corrected chi connectivity index (χ2v) is 6.47. The summed E-state index contributed by atoms with van der Waals surface area (Å²) < 4.78 is 37.2. The average molecular weight is 364 g/mol. The Morgan fingerprint density at radius 3 is 2.54 bits per heavy atom. The van der Waals surface area contributed by atoms with Gasteiger partial charge in [-0.05, 0) is 24.6 Å². The van der Waals surface area contributed by atoms with Crippen molar-refractivity contribution in [3.63, 3.8) is 0 Å². The van der Waals surface area contributed by atoms with Gasteiger partial charge in [0.25, 0.3) is 0 Å². The monoisotopic (exact) mass is 364 g/mol. The number of aryl methyl sites for hydroxylation is 1. The summed E-state index contributed by atoms with van der Waals surface area (Å²) in [5.41, 5.74) is 1.05. The molecule has 0 saturated carbocycles. The molecule has 0 aliphatic carbocycles. The molecule has 1 aromatic rings. The fourth-order valence-corrected chi connectivity index (χ4v) is 2.56. The fraction of sp³-hybridized carbons (Fsp3) is 0.467. The zero-order valence-electron chi connectivity index (χ0n) is 13.5. The van der Waals surface area contributed by atoms with Crippen LogP contribution in [0.2, 0.25) is 0 Å². The number of carbonyl (C=O) groups is 2. The van der Waals surface area contributed by atoms with E-state index in [1.807, 2.05) is 0 Å². The van der Waals surface area contributed by atoms with Crippen LogP contribution in [0.5, 0.6) is 0 Å². The molecule has 9 heteroatoms. The van der Waals surface area contributed by atoms with E-state index in [-0.39, 0.29) is 12.2 Å². The van der Waals surface area contributed by atoms with Gasteiger partial charge in [-0.1, -0.05) is 13.0 Å². The van der Waals surface area contributed by atoms with Gasteiger partial charge in [-0.2, -0.15) is 13.2 Å². The van der Waals surface area contributed by atoms with Crippen molar-refractivity contribution < 1.29 is 27.9 Å². The van der Waals surface area contributed by atoms with Gasteiger partial charge < -0.3 is 15.3 Å². The number of hydrogen-bond donors (Lipinski definition) is 2. The number of urea groups is 1. The highest BCUT2D eigenvalue weighted by molar-refractivity contribution is 7.99. The maximum atomic E-state index is 12.4. The summed E-state index contributed by atoms with van der Waals surface area (Å²) in [7, 11) is 1.42. The molecule has 24 heavy (non-hydrogen) atoms. The third kappa shape index (κ3) is 6.69. The molecule has 134 valence electrons. The lowest BCUT2D eigenvalue weighted by Crippen LogP contribution is -2.36. The van der Waals surface area contributed by atoms with Crippen molar-refractivity contribution >= 4 is 29.4 Å². The number of hydrogen-bond acceptors (Lipinski definition) is 3. The summed E-state index contributed by atoms with van der Waals surface area (Å²) in [6.45, 7) is 3.20. The number of aliphatic carboxylic acids is 1. The summed E-state index contributed by atoms with van der Waals surface area (Å²) in [5, 5.41) is 11.4. The number of benzene rings is 1. The van der Waals surface area contributed by atoms with Gasteiger partial charge in [-0.3, -0.25) is 4.79 Å². The third-order valence-electron chi connectivity index (χ3n) is 3.08. The Kier molecular flexibility index (Phi) is 6.94. The number of nitrogens with zero attached hydrogens (tertiary/aromatic N) is 1. The summed E-state index contributed by atoms with van der Waals surface area (Å²) >= 11 is 0.583. The number of carboxylic acid groups (broad SMARTS) is 1.